The lowest BCUT2D eigenvalue weighted by atomic mass is 10.1. The molecule has 1 atom stereocenters. The van der Waals surface area contributed by atoms with Crippen molar-refractivity contribution in [2.24, 2.45) is 5.92 Å². The molecule has 1 aliphatic heterocycles. The molecule has 0 radical (unpaired) electrons. The number of anilines is 1. The van der Waals surface area contributed by atoms with E-state index in [4.69, 9.17) is 5.26 Å². The highest BCUT2D eigenvalue weighted by Crippen LogP contribution is 2.29. The number of carbonyl (C=O) groups excluding carboxylic acids is 1. The molecule has 86 valence electrons. The Labute approximate surface area is 101 Å². The van der Waals surface area contributed by atoms with Gasteiger partial charge in [-0.25, -0.2) is 0 Å². The van der Waals surface area contributed by atoms with E-state index < -0.39 is 0 Å². The van der Waals surface area contributed by atoms with Crippen molar-refractivity contribution in [2.75, 3.05) is 11.4 Å². The van der Waals surface area contributed by atoms with E-state index in [1.54, 1.807) is 11.0 Å². The minimum atomic E-state index is 0.0667. The van der Waals surface area contributed by atoms with Crippen molar-refractivity contribution in [3.63, 3.8) is 0 Å². The Balaban J connectivity index is 2.42. The number of hydrogen-bond acceptors (Lipinski definition) is 2. The van der Waals surface area contributed by atoms with E-state index in [9.17, 15) is 4.79 Å². The predicted octanol–water partition coefficient (Wildman–Crippen LogP) is 2.41. The number of nitrogens with zero attached hydrogens (tertiary/aromatic N) is 2. The summed E-state index contributed by atoms with van der Waals surface area (Å²) in [7, 11) is 0. The fraction of sp³-hybridized carbons (Fsp3) is 0.286. The molecule has 0 saturated carbocycles. The second kappa shape index (κ2) is 4.42. The van der Waals surface area contributed by atoms with Crippen molar-refractivity contribution in [3.8, 4) is 6.07 Å². The Bertz CT molecular complexity index is 513. The van der Waals surface area contributed by atoms with Gasteiger partial charge in [-0.3, -0.25) is 4.79 Å². The molecule has 1 saturated heterocycles. The van der Waals surface area contributed by atoms with Crippen LogP contribution in [0.1, 0.15) is 17.5 Å². The number of hydrogen-bond donors (Lipinski definition) is 0. The SMILES string of the molecule is C=CC1CC(=O)N(c2cccc(C)c2C#N)C1. The lowest BCUT2D eigenvalue weighted by molar-refractivity contribution is -0.117. The third-order valence-corrected chi connectivity index (χ3v) is 3.14. The topological polar surface area (TPSA) is 44.1 Å². The molecule has 1 aromatic carbocycles. The third kappa shape index (κ3) is 1.94. The van der Waals surface area contributed by atoms with Gasteiger partial charge in [0.15, 0.2) is 0 Å². The molecule has 0 bridgehead atoms. The summed E-state index contributed by atoms with van der Waals surface area (Å²) in [6, 6.07) is 7.76. The van der Waals surface area contributed by atoms with Crippen LogP contribution in [-0.4, -0.2) is 12.5 Å². The van der Waals surface area contributed by atoms with Crippen LogP contribution in [0.2, 0.25) is 0 Å². The Morgan fingerprint density at radius 2 is 2.35 bits per heavy atom. The van der Waals surface area contributed by atoms with E-state index in [0.29, 0.717) is 18.5 Å². The second-order valence-electron chi connectivity index (χ2n) is 4.29. The van der Waals surface area contributed by atoms with Gasteiger partial charge in [0.05, 0.1) is 11.3 Å². The Morgan fingerprint density at radius 3 is 2.94 bits per heavy atom. The fourth-order valence-electron chi connectivity index (χ4n) is 2.15. The van der Waals surface area contributed by atoms with Gasteiger partial charge in [0.2, 0.25) is 5.91 Å². The number of benzene rings is 1. The Morgan fingerprint density at radius 1 is 1.59 bits per heavy atom. The van der Waals surface area contributed by atoms with E-state index in [1.165, 1.54) is 0 Å². The van der Waals surface area contributed by atoms with Gasteiger partial charge in [-0.15, -0.1) is 6.58 Å². The molecule has 0 aromatic heterocycles. The summed E-state index contributed by atoms with van der Waals surface area (Å²) in [6.45, 7) is 6.23. The van der Waals surface area contributed by atoms with Crippen molar-refractivity contribution >= 4 is 11.6 Å². The average molecular weight is 226 g/mol. The van der Waals surface area contributed by atoms with E-state index in [-0.39, 0.29) is 11.8 Å². The zero-order valence-corrected chi connectivity index (χ0v) is 9.81. The van der Waals surface area contributed by atoms with Crippen molar-refractivity contribution < 1.29 is 4.79 Å². The summed E-state index contributed by atoms with van der Waals surface area (Å²) in [5, 5.41) is 9.16. The first-order chi connectivity index (χ1) is 8.17. The second-order valence-corrected chi connectivity index (χ2v) is 4.29. The number of aryl methyl sites for hydroxylation is 1. The number of rotatable bonds is 2. The number of carbonyl (C=O) groups is 1. The van der Waals surface area contributed by atoms with Crippen molar-refractivity contribution in [2.45, 2.75) is 13.3 Å². The molecule has 1 aromatic rings. The summed E-state index contributed by atoms with van der Waals surface area (Å²) < 4.78 is 0. The molecule has 1 amide bonds. The van der Waals surface area contributed by atoms with Gasteiger partial charge in [-0.2, -0.15) is 5.26 Å². The molecule has 3 heteroatoms. The summed E-state index contributed by atoms with van der Waals surface area (Å²) in [5.74, 6) is 0.256. The fourth-order valence-corrected chi connectivity index (χ4v) is 2.15. The molecular weight excluding hydrogens is 212 g/mol. The monoisotopic (exact) mass is 226 g/mol. The highest BCUT2D eigenvalue weighted by molar-refractivity contribution is 5.97. The minimum Gasteiger partial charge on any atom is -0.310 e. The highest BCUT2D eigenvalue weighted by Gasteiger charge is 2.30. The van der Waals surface area contributed by atoms with Gasteiger partial charge >= 0.3 is 0 Å². The van der Waals surface area contributed by atoms with Gasteiger partial charge < -0.3 is 4.90 Å². The van der Waals surface area contributed by atoms with Crippen LogP contribution < -0.4 is 4.90 Å². The van der Waals surface area contributed by atoms with Gasteiger partial charge in [0, 0.05) is 18.9 Å². The standard InChI is InChI=1S/C14H14N2O/c1-3-11-7-14(17)16(9-11)13-6-4-5-10(2)12(13)8-15/h3-6,11H,1,7,9H2,2H3. The molecule has 3 nitrogen and oxygen atoms in total. The van der Waals surface area contributed by atoms with Crippen molar-refractivity contribution in [1.29, 1.82) is 5.26 Å². The summed E-state index contributed by atoms with van der Waals surface area (Å²) in [4.78, 5) is 13.6. The van der Waals surface area contributed by atoms with E-state index in [0.717, 1.165) is 11.3 Å². The maximum atomic E-state index is 11.9. The molecule has 1 heterocycles. The number of nitriles is 1. The molecule has 0 N–H and O–H groups in total. The van der Waals surface area contributed by atoms with Gasteiger partial charge in [0.1, 0.15) is 6.07 Å². The van der Waals surface area contributed by atoms with Crippen LogP contribution in [0.3, 0.4) is 0 Å². The molecule has 1 fully saturated rings. The first kappa shape index (κ1) is 11.4. The molecule has 2 rings (SSSR count). The van der Waals surface area contributed by atoms with Crippen LogP contribution in [0.15, 0.2) is 30.9 Å². The number of amides is 1. The van der Waals surface area contributed by atoms with Gasteiger partial charge in [-0.05, 0) is 18.6 Å². The lowest BCUT2D eigenvalue weighted by Gasteiger charge is -2.18. The lowest BCUT2D eigenvalue weighted by Crippen LogP contribution is -2.25. The van der Waals surface area contributed by atoms with E-state index >= 15 is 0 Å². The Hall–Kier alpha value is -2.08. The minimum absolute atomic E-state index is 0.0667. The largest absolute Gasteiger partial charge is 0.310 e. The third-order valence-electron chi connectivity index (χ3n) is 3.14. The van der Waals surface area contributed by atoms with Gasteiger partial charge in [-0.1, -0.05) is 18.2 Å². The van der Waals surface area contributed by atoms with Crippen LogP contribution in [-0.2, 0) is 4.79 Å². The zero-order valence-electron chi connectivity index (χ0n) is 9.81. The first-order valence-corrected chi connectivity index (χ1v) is 5.60. The average Bonchev–Trinajstić information content (AvgIpc) is 2.70. The van der Waals surface area contributed by atoms with Crippen molar-refractivity contribution in [3.05, 3.63) is 42.0 Å². The quantitative estimate of drug-likeness (QED) is 0.727. The van der Waals surface area contributed by atoms with Gasteiger partial charge in [0.25, 0.3) is 0 Å². The molecular formula is C14H14N2O. The van der Waals surface area contributed by atoms with Crippen LogP contribution >= 0.6 is 0 Å². The summed E-state index contributed by atoms with van der Waals surface area (Å²) in [5.41, 5.74) is 2.22. The smallest absolute Gasteiger partial charge is 0.227 e. The molecule has 17 heavy (non-hydrogen) atoms. The molecule has 1 unspecified atom stereocenters. The summed E-state index contributed by atoms with van der Waals surface area (Å²) >= 11 is 0. The normalized spacial score (nSPS) is 19.2. The highest BCUT2D eigenvalue weighted by atomic mass is 16.2. The molecule has 0 spiro atoms. The van der Waals surface area contributed by atoms with E-state index in [1.807, 2.05) is 25.1 Å². The van der Waals surface area contributed by atoms with Crippen LogP contribution in [0.25, 0.3) is 0 Å². The first-order valence-electron chi connectivity index (χ1n) is 5.60. The Kier molecular flexibility index (Phi) is 2.97. The predicted molar refractivity (Wildman–Crippen MR) is 66.6 cm³/mol. The summed E-state index contributed by atoms with van der Waals surface area (Å²) in [6.07, 6.45) is 2.29. The maximum absolute atomic E-state index is 11.9. The van der Waals surface area contributed by atoms with Crippen LogP contribution in [0.4, 0.5) is 5.69 Å². The van der Waals surface area contributed by atoms with Crippen LogP contribution in [0, 0.1) is 24.2 Å². The van der Waals surface area contributed by atoms with Crippen molar-refractivity contribution in [1.82, 2.24) is 0 Å². The van der Waals surface area contributed by atoms with Crippen LogP contribution in [0.5, 0.6) is 0 Å². The molecule has 1 aliphatic rings. The maximum Gasteiger partial charge on any atom is 0.227 e. The van der Waals surface area contributed by atoms with E-state index in [2.05, 4.69) is 12.6 Å². The molecule has 0 aliphatic carbocycles. The zero-order chi connectivity index (χ0) is 12.4.